The molecule has 1 unspecified atom stereocenters. The number of nitrogens with one attached hydrogen (secondary N) is 1. The molecule has 11 heteroatoms. The van der Waals surface area contributed by atoms with Gasteiger partial charge in [-0.25, -0.2) is 8.42 Å². The topological polar surface area (TPSA) is 88.5 Å². The Morgan fingerprint density at radius 3 is 2.40 bits per heavy atom. The van der Waals surface area contributed by atoms with E-state index in [9.17, 15) is 18.0 Å². The van der Waals surface area contributed by atoms with Crippen molar-refractivity contribution in [1.29, 1.82) is 0 Å². The van der Waals surface area contributed by atoms with E-state index in [0.29, 0.717) is 12.2 Å². The number of carbonyl (C=O) groups is 1. The van der Waals surface area contributed by atoms with E-state index in [4.69, 9.17) is 23.2 Å². The lowest BCUT2D eigenvalue weighted by Gasteiger charge is -2.28. The number of sulfonamides is 1. The molecule has 0 aliphatic rings. The number of aryl methyl sites for hydroxylation is 1. The highest BCUT2D eigenvalue weighted by Gasteiger charge is 2.29. The van der Waals surface area contributed by atoms with Crippen LogP contribution >= 0.6 is 34.5 Å². The van der Waals surface area contributed by atoms with E-state index in [2.05, 4.69) is 5.32 Å². The highest BCUT2D eigenvalue weighted by atomic mass is 35.5. The van der Waals surface area contributed by atoms with Crippen molar-refractivity contribution in [2.45, 2.75) is 26.4 Å². The van der Waals surface area contributed by atoms with Crippen molar-refractivity contribution >= 4 is 72.1 Å². The summed E-state index contributed by atoms with van der Waals surface area (Å²) in [6.07, 6.45) is 1.00. The van der Waals surface area contributed by atoms with Gasteiger partial charge < -0.3 is 5.32 Å². The molecule has 0 bridgehead atoms. The van der Waals surface area contributed by atoms with Gasteiger partial charge in [-0.15, -0.1) is 0 Å². The van der Waals surface area contributed by atoms with Gasteiger partial charge in [-0.05, 0) is 50.2 Å². The number of aromatic nitrogens is 1. The van der Waals surface area contributed by atoms with Gasteiger partial charge in [0.25, 0.3) is 0 Å². The number of anilines is 2. The van der Waals surface area contributed by atoms with Crippen LogP contribution in [0, 0.1) is 0 Å². The molecule has 0 aliphatic carbocycles. The SMILES string of the molecule is CCn1c(=O)sc2cc(NC(=O)C(C)N(c3cc(Cl)cc(Cl)c3)S(C)(=O)=O)ccc21. The first-order valence-corrected chi connectivity index (χ1v) is 12.3. The molecule has 7 nitrogen and oxygen atoms in total. The molecule has 1 amide bonds. The summed E-state index contributed by atoms with van der Waals surface area (Å²) in [7, 11) is -3.82. The van der Waals surface area contributed by atoms with Crippen molar-refractivity contribution in [2.75, 3.05) is 15.9 Å². The maximum Gasteiger partial charge on any atom is 0.308 e. The summed E-state index contributed by atoms with van der Waals surface area (Å²) in [5.74, 6) is -0.543. The number of thiazole rings is 1. The normalized spacial score (nSPS) is 12.7. The van der Waals surface area contributed by atoms with Crippen LogP contribution in [0.15, 0.2) is 41.2 Å². The molecule has 0 spiro atoms. The van der Waals surface area contributed by atoms with Crippen LogP contribution in [-0.2, 0) is 21.4 Å². The van der Waals surface area contributed by atoms with E-state index in [1.165, 1.54) is 25.1 Å². The zero-order chi connectivity index (χ0) is 22.2. The number of rotatable bonds is 6. The summed E-state index contributed by atoms with van der Waals surface area (Å²) in [5.41, 5.74) is 1.43. The van der Waals surface area contributed by atoms with E-state index >= 15 is 0 Å². The molecule has 0 saturated heterocycles. The molecule has 1 aromatic heterocycles. The van der Waals surface area contributed by atoms with Crippen molar-refractivity contribution in [3.63, 3.8) is 0 Å². The Kier molecular flexibility index (Phi) is 6.47. The third kappa shape index (κ3) is 4.64. The first kappa shape index (κ1) is 22.6. The van der Waals surface area contributed by atoms with Crippen LogP contribution in [0.3, 0.4) is 0 Å². The van der Waals surface area contributed by atoms with Crippen LogP contribution in [0.4, 0.5) is 11.4 Å². The molecular weight excluding hydrogens is 469 g/mol. The number of carbonyl (C=O) groups excluding carboxylic acids is 1. The molecule has 0 radical (unpaired) electrons. The number of halogens is 2. The average molecular weight is 488 g/mol. The Labute approximate surface area is 187 Å². The molecular formula is C19H19Cl2N3O4S2. The minimum Gasteiger partial charge on any atom is -0.324 e. The standard InChI is InChI=1S/C19H19Cl2N3O4S2/c1-4-23-16-6-5-14(10-17(16)29-19(23)26)22-18(25)11(2)24(30(3,27)28)15-8-12(20)7-13(21)9-15/h5-11H,4H2,1-3H3,(H,22,25). The van der Waals surface area contributed by atoms with Crippen molar-refractivity contribution in [1.82, 2.24) is 4.57 Å². The maximum absolute atomic E-state index is 12.9. The first-order valence-electron chi connectivity index (χ1n) is 8.91. The minimum absolute atomic E-state index is 0.0783. The Balaban J connectivity index is 1.92. The van der Waals surface area contributed by atoms with Gasteiger partial charge in [0.15, 0.2) is 0 Å². The lowest BCUT2D eigenvalue weighted by Crippen LogP contribution is -2.45. The van der Waals surface area contributed by atoms with Gasteiger partial charge >= 0.3 is 4.87 Å². The van der Waals surface area contributed by atoms with Crippen molar-refractivity contribution in [2.24, 2.45) is 0 Å². The molecule has 2 aromatic carbocycles. The van der Waals surface area contributed by atoms with Crippen molar-refractivity contribution in [3.8, 4) is 0 Å². The monoisotopic (exact) mass is 487 g/mol. The predicted molar refractivity (Wildman–Crippen MR) is 124 cm³/mol. The summed E-state index contributed by atoms with van der Waals surface area (Å²) < 4.78 is 28.2. The van der Waals surface area contributed by atoms with Gasteiger partial charge in [0.05, 0.1) is 22.2 Å². The smallest absolute Gasteiger partial charge is 0.308 e. The van der Waals surface area contributed by atoms with Gasteiger partial charge in [-0.3, -0.25) is 18.5 Å². The van der Waals surface area contributed by atoms with E-state index in [1.54, 1.807) is 22.8 Å². The Morgan fingerprint density at radius 1 is 1.20 bits per heavy atom. The predicted octanol–water partition coefficient (Wildman–Crippen LogP) is 4.18. The van der Waals surface area contributed by atoms with Crippen LogP contribution < -0.4 is 14.5 Å². The largest absolute Gasteiger partial charge is 0.324 e. The minimum atomic E-state index is -3.82. The Hall–Kier alpha value is -2.07. The number of benzene rings is 2. The van der Waals surface area contributed by atoms with Gasteiger partial charge in [0.2, 0.25) is 15.9 Å². The van der Waals surface area contributed by atoms with E-state index in [0.717, 1.165) is 32.1 Å². The second kappa shape index (κ2) is 8.58. The molecule has 0 aliphatic heterocycles. The fourth-order valence-electron chi connectivity index (χ4n) is 3.17. The fraction of sp³-hybridized carbons (Fsp3) is 0.263. The maximum atomic E-state index is 12.9. The fourth-order valence-corrected chi connectivity index (χ4v) is 5.83. The third-order valence-electron chi connectivity index (χ3n) is 4.44. The number of hydrogen-bond donors (Lipinski definition) is 1. The summed E-state index contributed by atoms with van der Waals surface area (Å²) in [4.78, 5) is 24.8. The van der Waals surface area contributed by atoms with Crippen LogP contribution in [0.1, 0.15) is 13.8 Å². The lowest BCUT2D eigenvalue weighted by atomic mass is 10.2. The Morgan fingerprint density at radius 2 is 1.83 bits per heavy atom. The average Bonchev–Trinajstić information content (AvgIpc) is 2.93. The van der Waals surface area contributed by atoms with E-state index < -0.39 is 22.0 Å². The van der Waals surface area contributed by atoms with Gasteiger partial charge in [-0.2, -0.15) is 0 Å². The van der Waals surface area contributed by atoms with Crippen molar-refractivity contribution < 1.29 is 13.2 Å². The van der Waals surface area contributed by atoms with Crippen LogP contribution in [-0.4, -0.2) is 31.2 Å². The summed E-state index contributed by atoms with van der Waals surface area (Å²) >= 11 is 13.1. The third-order valence-corrected chi connectivity index (χ3v) is 7.06. The van der Waals surface area contributed by atoms with Crippen LogP contribution in [0.2, 0.25) is 10.0 Å². The van der Waals surface area contributed by atoms with Crippen LogP contribution in [0.25, 0.3) is 10.2 Å². The highest BCUT2D eigenvalue weighted by Crippen LogP contribution is 2.29. The molecule has 160 valence electrons. The molecule has 3 rings (SSSR count). The molecule has 1 heterocycles. The van der Waals surface area contributed by atoms with E-state index in [1.807, 2.05) is 6.92 Å². The molecule has 0 fully saturated rings. The molecule has 0 saturated carbocycles. The second-order valence-corrected chi connectivity index (χ2v) is 10.4. The zero-order valence-corrected chi connectivity index (χ0v) is 19.5. The summed E-state index contributed by atoms with van der Waals surface area (Å²) in [6.45, 7) is 3.90. The molecule has 1 atom stereocenters. The number of nitrogens with zero attached hydrogens (tertiary/aromatic N) is 2. The summed E-state index contributed by atoms with van der Waals surface area (Å²) in [6, 6.07) is 8.36. The van der Waals surface area contributed by atoms with Crippen molar-refractivity contribution in [3.05, 3.63) is 56.1 Å². The summed E-state index contributed by atoms with van der Waals surface area (Å²) in [5, 5.41) is 3.22. The molecule has 1 N–H and O–H groups in total. The van der Waals surface area contributed by atoms with Gasteiger partial charge in [0, 0.05) is 22.3 Å². The molecule has 3 aromatic rings. The number of fused-ring (bicyclic) bond motifs is 1. The Bertz CT molecular complexity index is 1260. The second-order valence-electron chi connectivity index (χ2n) is 6.65. The first-order chi connectivity index (χ1) is 14.0. The van der Waals surface area contributed by atoms with Gasteiger partial charge in [-0.1, -0.05) is 34.5 Å². The lowest BCUT2D eigenvalue weighted by molar-refractivity contribution is -0.116. The number of amides is 1. The van der Waals surface area contributed by atoms with E-state index in [-0.39, 0.29) is 20.6 Å². The van der Waals surface area contributed by atoms with Crippen LogP contribution in [0.5, 0.6) is 0 Å². The quantitative estimate of drug-likeness (QED) is 0.564. The number of hydrogen-bond acceptors (Lipinski definition) is 5. The molecule has 30 heavy (non-hydrogen) atoms. The zero-order valence-electron chi connectivity index (χ0n) is 16.3. The van der Waals surface area contributed by atoms with Gasteiger partial charge in [0.1, 0.15) is 6.04 Å². The highest BCUT2D eigenvalue weighted by molar-refractivity contribution is 7.92.